The quantitative estimate of drug-likeness (QED) is 0.542. The van der Waals surface area contributed by atoms with Crippen molar-refractivity contribution in [1.29, 1.82) is 0 Å². The lowest BCUT2D eigenvalue weighted by Gasteiger charge is -2.33. The van der Waals surface area contributed by atoms with Crippen LogP contribution in [0.15, 0.2) is 41.7 Å². The van der Waals surface area contributed by atoms with Crippen molar-refractivity contribution in [2.45, 2.75) is 83.5 Å². The number of aromatic nitrogens is 1. The Morgan fingerprint density at radius 1 is 1.17 bits per heavy atom. The molecule has 1 aliphatic heterocycles. The Morgan fingerprint density at radius 3 is 2.77 bits per heavy atom. The maximum absolute atomic E-state index is 14.0. The van der Waals surface area contributed by atoms with Gasteiger partial charge in [-0.3, -0.25) is 4.79 Å². The van der Waals surface area contributed by atoms with Gasteiger partial charge in [0.05, 0.1) is 35.8 Å². The maximum Gasteiger partial charge on any atom is 0.230 e. The van der Waals surface area contributed by atoms with E-state index in [-0.39, 0.29) is 24.0 Å². The Kier molecular flexibility index (Phi) is 7.04. The molecule has 0 radical (unpaired) electrons. The smallest absolute Gasteiger partial charge is 0.230 e. The van der Waals surface area contributed by atoms with E-state index in [2.05, 4.69) is 53.6 Å². The molecule has 2 aliphatic carbocycles. The van der Waals surface area contributed by atoms with Gasteiger partial charge in [0.2, 0.25) is 5.91 Å². The van der Waals surface area contributed by atoms with Gasteiger partial charge in [-0.1, -0.05) is 17.3 Å². The van der Waals surface area contributed by atoms with Gasteiger partial charge < -0.3 is 19.8 Å². The van der Waals surface area contributed by atoms with Crippen molar-refractivity contribution in [1.82, 2.24) is 4.98 Å². The monoisotopic (exact) mass is 476 g/mol. The standard InChI is InChI=1S/C28H36N4O3/c1-18(2)35-24-11-7-19(8-12-24)28(33)32-17-22-5-4-14-29-27(22)30-25-13-9-21(16-26(25)32)20-6-10-23(15-20)31-34-3/h4-5,9,13-14,16,18-20,24H,6-8,10-12,15,17H2,1-3H3,(H,29,30)/t19-,20?,24-. The zero-order chi connectivity index (χ0) is 24.4. The first-order valence-electron chi connectivity index (χ1n) is 12.9. The zero-order valence-corrected chi connectivity index (χ0v) is 21.0. The molecule has 7 heteroatoms. The third kappa shape index (κ3) is 5.20. The van der Waals surface area contributed by atoms with Gasteiger partial charge in [0.1, 0.15) is 12.9 Å². The van der Waals surface area contributed by atoms with Gasteiger partial charge in [0.15, 0.2) is 0 Å². The second kappa shape index (κ2) is 10.4. The number of anilines is 3. The molecule has 0 saturated heterocycles. The second-order valence-corrected chi connectivity index (χ2v) is 10.3. The number of nitrogens with one attached hydrogen (secondary N) is 1. The molecule has 3 aliphatic rings. The van der Waals surface area contributed by atoms with Gasteiger partial charge in [-0.05, 0) is 88.5 Å². The summed E-state index contributed by atoms with van der Waals surface area (Å²) >= 11 is 0. The lowest BCUT2D eigenvalue weighted by Crippen LogP contribution is -2.38. The summed E-state index contributed by atoms with van der Waals surface area (Å²) in [6.07, 6.45) is 8.80. The number of nitrogens with zero attached hydrogens (tertiary/aromatic N) is 3. The van der Waals surface area contributed by atoms with Crippen molar-refractivity contribution in [3.05, 3.63) is 47.7 Å². The maximum atomic E-state index is 14.0. The predicted octanol–water partition coefficient (Wildman–Crippen LogP) is 5.93. The summed E-state index contributed by atoms with van der Waals surface area (Å²) in [5.74, 6) is 1.43. The van der Waals surface area contributed by atoms with E-state index < -0.39 is 0 Å². The summed E-state index contributed by atoms with van der Waals surface area (Å²) in [6.45, 7) is 4.68. The first-order valence-corrected chi connectivity index (χ1v) is 12.9. The minimum absolute atomic E-state index is 0.0173. The number of carbonyl (C=O) groups excluding carboxylic acids is 1. The van der Waals surface area contributed by atoms with Crippen LogP contribution in [0.25, 0.3) is 0 Å². The zero-order valence-electron chi connectivity index (χ0n) is 21.0. The van der Waals surface area contributed by atoms with E-state index in [1.165, 1.54) is 5.56 Å². The molecule has 2 heterocycles. The molecule has 1 amide bonds. The molecule has 1 atom stereocenters. The number of hydrogen-bond acceptors (Lipinski definition) is 6. The number of pyridine rings is 1. The van der Waals surface area contributed by atoms with Crippen LogP contribution in [0.2, 0.25) is 0 Å². The van der Waals surface area contributed by atoms with E-state index in [1.807, 2.05) is 11.0 Å². The first kappa shape index (κ1) is 23.8. The molecule has 1 aromatic carbocycles. The Hall–Kier alpha value is -2.93. The SMILES string of the molecule is CON=C1CCC(c2ccc3c(c2)N(C(=O)[C@H]2CC[C@H](OC(C)C)CC2)Cc2cccnc2N3)C1. The average Bonchev–Trinajstić information content (AvgIpc) is 3.25. The van der Waals surface area contributed by atoms with E-state index in [4.69, 9.17) is 9.57 Å². The fraction of sp³-hybridized carbons (Fsp3) is 0.536. The van der Waals surface area contributed by atoms with E-state index in [1.54, 1.807) is 13.3 Å². The van der Waals surface area contributed by atoms with Crippen molar-refractivity contribution >= 4 is 28.8 Å². The largest absolute Gasteiger partial charge is 0.399 e. The van der Waals surface area contributed by atoms with Crippen molar-refractivity contribution in [2.75, 3.05) is 17.3 Å². The summed E-state index contributed by atoms with van der Waals surface area (Å²) in [6, 6.07) is 10.5. The van der Waals surface area contributed by atoms with Gasteiger partial charge in [0, 0.05) is 17.7 Å². The number of amides is 1. The molecule has 2 saturated carbocycles. The first-order chi connectivity index (χ1) is 17.0. The normalized spacial score (nSPS) is 25.1. The van der Waals surface area contributed by atoms with Crippen molar-refractivity contribution in [3.63, 3.8) is 0 Å². The molecule has 7 nitrogen and oxygen atoms in total. The van der Waals surface area contributed by atoms with Crippen LogP contribution in [0.4, 0.5) is 17.2 Å². The number of benzene rings is 1. The number of oxime groups is 1. The number of fused-ring (bicyclic) bond motifs is 2. The molecule has 1 N–H and O–H groups in total. The molecular formula is C28H36N4O3. The van der Waals surface area contributed by atoms with Gasteiger partial charge in [0.25, 0.3) is 0 Å². The predicted molar refractivity (Wildman–Crippen MR) is 138 cm³/mol. The summed E-state index contributed by atoms with van der Waals surface area (Å²) in [5.41, 5.74) is 5.27. The molecular weight excluding hydrogens is 440 g/mol. The van der Waals surface area contributed by atoms with Crippen molar-refractivity contribution < 1.29 is 14.4 Å². The van der Waals surface area contributed by atoms with E-state index >= 15 is 0 Å². The Morgan fingerprint density at radius 2 is 2.00 bits per heavy atom. The van der Waals surface area contributed by atoms with Gasteiger partial charge >= 0.3 is 0 Å². The Labute approximate surface area is 207 Å². The molecule has 2 fully saturated rings. The summed E-state index contributed by atoms with van der Waals surface area (Å²) < 4.78 is 6.02. The highest BCUT2D eigenvalue weighted by atomic mass is 16.6. The third-order valence-corrected chi connectivity index (χ3v) is 7.49. The second-order valence-electron chi connectivity index (χ2n) is 10.3. The summed E-state index contributed by atoms with van der Waals surface area (Å²) in [7, 11) is 1.60. The highest BCUT2D eigenvalue weighted by molar-refractivity contribution is 6.00. The molecule has 0 spiro atoms. The number of hydrogen-bond donors (Lipinski definition) is 1. The minimum Gasteiger partial charge on any atom is -0.399 e. The van der Waals surface area contributed by atoms with Crippen LogP contribution in [-0.4, -0.2) is 35.9 Å². The van der Waals surface area contributed by atoms with E-state index in [9.17, 15) is 4.79 Å². The van der Waals surface area contributed by atoms with Crippen LogP contribution in [-0.2, 0) is 20.9 Å². The van der Waals surface area contributed by atoms with Crippen LogP contribution >= 0.6 is 0 Å². The van der Waals surface area contributed by atoms with Crippen molar-refractivity contribution in [2.24, 2.45) is 11.1 Å². The van der Waals surface area contributed by atoms with Crippen LogP contribution < -0.4 is 10.2 Å². The lowest BCUT2D eigenvalue weighted by atomic mass is 9.86. The third-order valence-electron chi connectivity index (χ3n) is 7.49. The lowest BCUT2D eigenvalue weighted by molar-refractivity contribution is -0.124. The van der Waals surface area contributed by atoms with Gasteiger partial charge in [-0.2, -0.15) is 0 Å². The van der Waals surface area contributed by atoms with Crippen LogP contribution in [0.3, 0.4) is 0 Å². The highest BCUT2D eigenvalue weighted by Crippen LogP contribution is 2.41. The number of carbonyl (C=O) groups is 1. The van der Waals surface area contributed by atoms with Crippen LogP contribution in [0.5, 0.6) is 0 Å². The van der Waals surface area contributed by atoms with E-state index in [0.29, 0.717) is 12.5 Å². The number of rotatable bonds is 5. The summed E-state index contributed by atoms with van der Waals surface area (Å²) in [5, 5.41) is 7.68. The fourth-order valence-corrected chi connectivity index (χ4v) is 5.77. The molecule has 1 aromatic heterocycles. The fourth-order valence-electron chi connectivity index (χ4n) is 5.77. The molecule has 2 aromatic rings. The minimum atomic E-state index is 0.0173. The average molecular weight is 477 g/mol. The Balaban J connectivity index is 1.43. The van der Waals surface area contributed by atoms with Crippen LogP contribution in [0, 0.1) is 5.92 Å². The molecule has 35 heavy (non-hydrogen) atoms. The summed E-state index contributed by atoms with van der Waals surface area (Å²) in [4.78, 5) is 25.5. The number of ether oxygens (including phenoxy) is 1. The highest BCUT2D eigenvalue weighted by Gasteiger charge is 2.34. The molecule has 5 rings (SSSR count). The van der Waals surface area contributed by atoms with Gasteiger partial charge in [-0.25, -0.2) is 4.98 Å². The van der Waals surface area contributed by atoms with Gasteiger partial charge in [-0.15, -0.1) is 0 Å². The van der Waals surface area contributed by atoms with E-state index in [0.717, 1.165) is 73.4 Å². The molecule has 1 unspecified atom stereocenters. The van der Waals surface area contributed by atoms with Crippen LogP contribution in [0.1, 0.15) is 75.8 Å². The Bertz CT molecular complexity index is 1090. The topological polar surface area (TPSA) is 76.0 Å². The molecule has 186 valence electrons. The molecule has 0 bridgehead atoms. The van der Waals surface area contributed by atoms with Crippen molar-refractivity contribution in [3.8, 4) is 0 Å².